The Hall–Kier alpha value is -0.830. The molecule has 0 aliphatic heterocycles. The van der Waals surface area contributed by atoms with Gasteiger partial charge in [0.05, 0.1) is 0 Å². The fourth-order valence-electron chi connectivity index (χ4n) is 0.812. The molecule has 0 aliphatic carbocycles. The summed E-state index contributed by atoms with van der Waals surface area (Å²) in [6, 6.07) is 6.28. The summed E-state index contributed by atoms with van der Waals surface area (Å²) in [6.07, 6.45) is 0. The molecule has 64 valence electrons. The first-order valence-electron chi connectivity index (χ1n) is 3.56. The smallest absolute Gasteiger partial charge is 0.186 e. The summed E-state index contributed by atoms with van der Waals surface area (Å²) >= 11 is 1.19. The Morgan fingerprint density at radius 1 is 1.58 bits per heavy atom. The van der Waals surface area contributed by atoms with Gasteiger partial charge in [-0.05, 0) is 17.7 Å². The van der Waals surface area contributed by atoms with Gasteiger partial charge in [-0.15, -0.1) is 0 Å². The molecule has 12 heavy (non-hydrogen) atoms. The lowest BCUT2D eigenvalue weighted by molar-refractivity contribution is -0.109. The van der Waals surface area contributed by atoms with Crippen molar-refractivity contribution in [2.75, 3.05) is 0 Å². The molecule has 0 saturated carbocycles. The molecule has 0 radical (unpaired) electrons. The summed E-state index contributed by atoms with van der Waals surface area (Å²) in [5, 5.41) is 0.0549. The highest BCUT2D eigenvalue weighted by molar-refractivity contribution is 8.12. The maximum atomic E-state index is 12.6. The summed E-state index contributed by atoms with van der Waals surface area (Å²) in [7, 11) is 0. The molecular weight excluding hydrogens is 175 g/mol. The van der Waals surface area contributed by atoms with Crippen LogP contribution in [0.15, 0.2) is 24.3 Å². The Kier molecular flexibility index (Phi) is 3.29. The van der Waals surface area contributed by atoms with Gasteiger partial charge in [0.2, 0.25) is 0 Å². The molecule has 0 saturated heterocycles. The van der Waals surface area contributed by atoms with E-state index in [4.69, 9.17) is 0 Å². The molecule has 1 aromatic carbocycles. The maximum Gasteiger partial charge on any atom is 0.186 e. The van der Waals surface area contributed by atoms with Crippen LogP contribution in [-0.4, -0.2) is 5.12 Å². The first-order chi connectivity index (χ1) is 5.68. The minimum absolute atomic E-state index is 0.0549. The Morgan fingerprint density at radius 2 is 2.33 bits per heavy atom. The molecule has 1 rings (SSSR count). The van der Waals surface area contributed by atoms with Crippen LogP contribution in [0.25, 0.3) is 0 Å². The molecule has 0 unspecified atom stereocenters. The van der Waals surface area contributed by atoms with Gasteiger partial charge in [-0.25, -0.2) is 4.39 Å². The predicted molar refractivity (Wildman–Crippen MR) is 48.4 cm³/mol. The molecule has 0 aliphatic rings. The van der Waals surface area contributed by atoms with Crippen LogP contribution in [0.1, 0.15) is 12.5 Å². The summed E-state index contributed by atoms with van der Waals surface area (Å²) < 4.78 is 12.6. The standard InChI is InChI=1S/C9H9FOS/c1-7(11)12-6-8-3-2-4-9(10)5-8/h2-5H,6H2,1H3. The Labute approximate surface area is 75.0 Å². The lowest BCUT2D eigenvalue weighted by atomic mass is 10.2. The third-order valence-corrected chi connectivity index (χ3v) is 2.22. The van der Waals surface area contributed by atoms with Gasteiger partial charge in [0.15, 0.2) is 5.12 Å². The van der Waals surface area contributed by atoms with Crippen LogP contribution in [0.5, 0.6) is 0 Å². The van der Waals surface area contributed by atoms with E-state index in [1.807, 2.05) is 0 Å². The van der Waals surface area contributed by atoms with Crippen LogP contribution in [0.2, 0.25) is 0 Å². The molecule has 1 nitrogen and oxygen atoms in total. The van der Waals surface area contributed by atoms with E-state index in [9.17, 15) is 9.18 Å². The number of hydrogen-bond donors (Lipinski definition) is 0. The van der Waals surface area contributed by atoms with Gasteiger partial charge in [-0.2, -0.15) is 0 Å². The highest BCUT2D eigenvalue weighted by atomic mass is 32.2. The van der Waals surface area contributed by atoms with Crippen molar-refractivity contribution in [2.45, 2.75) is 12.7 Å². The van der Waals surface area contributed by atoms with Crippen LogP contribution >= 0.6 is 11.8 Å². The van der Waals surface area contributed by atoms with Crippen molar-refractivity contribution in [3.8, 4) is 0 Å². The first kappa shape index (κ1) is 9.26. The second-order valence-electron chi connectivity index (χ2n) is 2.41. The molecule has 0 heterocycles. The highest BCUT2D eigenvalue weighted by Crippen LogP contribution is 2.13. The minimum Gasteiger partial charge on any atom is -0.288 e. The molecule has 3 heteroatoms. The zero-order valence-corrected chi connectivity index (χ0v) is 7.53. The van der Waals surface area contributed by atoms with E-state index in [1.54, 1.807) is 12.1 Å². The van der Waals surface area contributed by atoms with E-state index >= 15 is 0 Å². The molecule has 0 aromatic heterocycles. The van der Waals surface area contributed by atoms with Gasteiger partial charge in [0, 0.05) is 12.7 Å². The average Bonchev–Trinajstić information content (AvgIpc) is 2.01. The number of hydrogen-bond acceptors (Lipinski definition) is 2. The lowest BCUT2D eigenvalue weighted by Crippen LogP contribution is -1.86. The average molecular weight is 184 g/mol. The summed E-state index contributed by atoms with van der Waals surface area (Å²) in [4.78, 5) is 10.6. The van der Waals surface area contributed by atoms with Crippen molar-refractivity contribution >= 4 is 16.9 Å². The predicted octanol–water partition coefficient (Wildman–Crippen LogP) is 2.61. The van der Waals surface area contributed by atoms with Crippen molar-refractivity contribution in [3.05, 3.63) is 35.6 Å². The monoisotopic (exact) mass is 184 g/mol. The van der Waals surface area contributed by atoms with Gasteiger partial charge < -0.3 is 0 Å². The van der Waals surface area contributed by atoms with Gasteiger partial charge in [0.1, 0.15) is 5.82 Å². The van der Waals surface area contributed by atoms with E-state index in [0.29, 0.717) is 5.75 Å². The number of halogens is 1. The fourth-order valence-corrected chi connectivity index (χ4v) is 1.36. The quantitative estimate of drug-likeness (QED) is 0.702. The minimum atomic E-state index is -0.253. The van der Waals surface area contributed by atoms with E-state index in [1.165, 1.54) is 30.8 Å². The van der Waals surface area contributed by atoms with E-state index in [-0.39, 0.29) is 10.9 Å². The van der Waals surface area contributed by atoms with Crippen LogP contribution in [0.3, 0.4) is 0 Å². The number of carbonyl (C=O) groups excluding carboxylic acids is 1. The molecular formula is C9H9FOS. The molecule has 0 fully saturated rings. The molecule has 1 aromatic rings. The van der Waals surface area contributed by atoms with Crippen LogP contribution in [0.4, 0.5) is 4.39 Å². The Bertz CT molecular complexity index is 286. The molecule has 0 bridgehead atoms. The normalized spacial score (nSPS) is 9.83. The number of benzene rings is 1. The van der Waals surface area contributed by atoms with Crippen molar-refractivity contribution in [1.82, 2.24) is 0 Å². The van der Waals surface area contributed by atoms with Gasteiger partial charge in [-0.1, -0.05) is 23.9 Å². The third-order valence-electron chi connectivity index (χ3n) is 1.33. The largest absolute Gasteiger partial charge is 0.288 e. The maximum absolute atomic E-state index is 12.6. The highest BCUT2D eigenvalue weighted by Gasteiger charge is 1.97. The molecule has 0 spiro atoms. The zero-order valence-electron chi connectivity index (χ0n) is 6.71. The van der Waals surface area contributed by atoms with Gasteiger partial charge >= 0.3 is 0 Å². The fraction of sp³-hybridized carbons (Fsp3) is 0.222. The van der Waals surface area contributed by atoms with Gasteiger partial charge in [0.25, 0.3) is 0 Å². The van der Waals surface area contributed by atoms with Crippen molar-refractivity contribution in [3.63, 3.8) is 0 Å². The first-order valence-corrected chi connectivity index (χ1v) is 4.55. The molecule has 0 N–H and O–H groups in total. The Balaban J connectivity index is 2.57. The molecule has 0 amide bonds. The second kappa shape index (κ2) is 4.26. The SMILES string of the molecule is CC(=O)SCc1cccc(F)c1. The van der Waals surface area contributed by atoms with Crippen LogP contribution in [-0.2, 0) is 10.5 Å². The van der Waals surface area contributed by atoms with Gasteiger partial charge in [-0.3, -0.25) is 4.79 Å². The van der Waals surface area contributed by atoms with Crippen molar-refractivity contribution < 1.29 is 9.18 Å². The summed E-state index contributed by atoms with van der Waals surface area (Å²) in [5.41, 5.74) is 0.843. The zero-order chi connectivity index (χ0) is 8.97. The Morgan fingerprint density at radius 3 is 2.92 bits per heavy atom. The topological polar surface area (TPSA) is 17.1 Å². The number of rotatable bonds is 2. The van der Waals surface area contributed by atoms with Crippen LogP contribution in [0, 0.1) is 5.82 Å². The second-order valence-corrected chi connectivity index (χ2v) is 3.56. The lowest BCUT2D eigenvalue weighted by Gasteiger charge is -1.97. The van der Waals surface area contributed by atoms with E-state index in [0.717, 1.165) is 5.56 Å². The summed E-state index contributed by atoms with van der Waals surface area (Å²) in [6.45, 7) is 1.50. The third kappa shape index (κ3) is 3.05. The number of thioether (sulfide) groups is 1. The van der Waals surface area contributed by atoms with E-state index in [2.05, 4.69) is 0 Å². The van der Waals surface area contributed by atoms with E-state index < -0.39 is 0 Å². The molecule has 0 atom stereocenters. The summed E-state index contributed by atoms with van der Waals surface area (Å²) in [5.74, 6) is 0.296. The van der Waals surface area contributed by atoms with Crippen molar-refractivity contribution in [1.29, 1.82) is 0 Å². The van der Waals surface area contributed by atoms with Crippen molar-refractivity contribution in [2.24, 2.45) is 0 Å². The van der Waals surface area contributed by atoms with Crippen LogP contribution < -0.4 is 0 Å². The number of carbonyl (C=O) groups is 1.